The molecule has 252 valence electrons. The van der Waals surface area contributed by atoms with Crippen LogP contribution in [0.15, 0.2) is 0 Å². The summed E-state index contributed by atoms with van der Waals surface area (Å²) in [6.07, 6.45) is 5.51. The van der Waals surface area contributed by atoms with Crippen molar-refractivity contribution >= 4 is 23.9 Å². The molecule has 0 aromatic carbocycles. The van der Waals surface area contributed by atoms with Gasteiger partial charge in [0, 0.05) is 46.5 Å². The van der Waals surface area contributed by atoms with Crippen LogP contribution in [-0.2, 0) is 42.9 Å². The van der Waals surface area contributed by atoms with Crippen molar-refractivity contribution in [1.29, 1.82) is 0 Å². The minimum Gasteiger partial charge on any atom is -0.466 e. The molecule has 13 nitrogen and oxygen atoms in total. The average Bonchev–Trinajstić information content (AvgIpc) is 3.00. The van der Waals surface area contributed by atoms with Gasteiger partial charge in [-0.2, -0.15) is 0 Å². The van der Waals surface area contributed by atoms with Gasteiger partial charge >= 0.3 is 23.9 Å². The Balaban J connectivity index is 4.18. The van der Waals surface area contributed by atoms with Crippen LogP contribution in [0, 0.1) is 0 Å². The fourth-order valence-electron chi connectivity index (χ4n) is 3.88. The summed E-state index contributed by atoms with van der Waals surface area (Å²) < 4.78 is 25.6. The molecule has 0 radical (unpaired) electrons. The van der Waals surface area contributed by atoms with Crippen molar-refractivity contribution in [3.05, 3.63) is 0 Å². The second kappa shape index (κ2) is 29.7. The van der Waals surface area contributed by atoms with Gasteiger partial charge in [-0.25, -0.2) is 0 Å². The van der Waals surface area contributed by atoms with Crippen LogP contribution >= 0.6 is 0 Å². The predicted octanol–water partition coefficient (Wildman–Crippen LogP) is 1.71. The molecule has 0 bridgehead atoms. The maximum Gasteiger partial charge on any atom is 0.307 e. The van der Waals surface area contributed by atoms with Gasteiger partial charge in [0.1, 0.15) is 6.61 Å². The lowest BCUT2D eigenvalue weighted by atomic mass is 10.2. The van der Waals surface area contributed by atoms with Crippen LogP contribution in [0.1, 0.15) is 77.6 Å². The SMILES string of the molecule is CCCOC(=O)CCN(CCCCO)CCC(=O)OCCCCOC(=O)CCN(CCCCO)CCC(=O)OCCOC. The number of nitrogens with zero attached hydrogens (tertiary/aromatic N) is 2. The Kier molecular flexibility index (Phi) is 28.1. The lowest BCUT2D eigenvalue weighted by Crippen LogP contribution is -2.31. The van der Waals surface area contributed by atoms with Gasteiger partial charge in [0.25, 0.3) is 0 Å². The molecule has 0 aliphatic carbocycles. The number of hydrogen-bond donors (Lipinski definition) is 2. The van der Waals surface area contributed by atoms with Crippen molar-refractivity contribution in [3.63, 3.8) is 0 Å². The highest BCUT2D eigenvalue weighted by Gasteiger charge is 2.14. The zero-order chi connectivity index (χ0) is 32.0. The van der Waals surface area contributed by atoms with Crippen molar-refractivity contribution in [2.75, 3.05) is 92.6 Å². The van der Waals surface area contributed by atoms with Crippen LogP contribution in [-0.4, -0.2) is 137 Å². The summed E-state index contributed by atoms with van der Waals surface area (Å²) in [5, 5.41) is 18.1. The number of unbranched alkanes of at least 4 members (excludes halogenated alkanes) is 3. The Morgan fingerprint density at radius 3 is 1.21 bits per heavy atom. The van der Waals surface area contributed by atoms with Gasteiger partial charge < -0.3 is 43.7 Å². The number of aliphatic hydroxyl groups excluding tert-OH is 2. The molecule has 0 aromatic heterocycles. The quantitative estimate of drug-likeness (QED) is 0.0679. The molecule has 0 amide bonds. The molecule has 0 spiro atoms. The molecule has 0 saturated carbocycles. The summed E-state index contributed by atoms with van der Waals surface area (Å²) in [5.74, 6) is -1.26. The van der Waals surface area contributed by atoms with Crippen LogP contribution in [0.4, 0.5) is 0 Å². The predicted molar refractivity (Wildman–Crippen MR) is 159 cm³/mol. The molecule has 0 fully saturated rings. The van der Waals surface area contributed by atoms with Crippen LogP contribution in [0.2, 0.25) is 0 Å². The fourth-order valence-corrected chi connectivity index (χ4v) is 3.88. The lowest BCUT2D eigenvalue weighted by Gasteiger charge is -2.21. The van der Waals surface area contributed by atoms with Crippen molar-refractivity contribution in [1.82, 2.24) is 9.80 Å². The van der Waals surface area contributed by atoms with Crippen LogP contribution in [0.5, 0.6) is 0 Å². The van der Waals surface area contributed by atoms with E-state index >= 15 is 0 Å². The Hall–Kier alpha value is -2.32. The summed E-state index contributed by atoms with van der Waals surface area (Å²) in [7, 11) is 1.53. The second-order valence-electron chi connectivity index (χ2n) is 10.1. The first-order valence-corrected chi connectivity index (χ1v) is 15.6. The maximum absolute atomic E-state index is 12.2. The number of esters is 4. The third-order valence-corrected chi connectivity index (χ3v) is 6.38. The Morgan fingerprint density at radius 1 is 0.488 bits per heavy atom. The van der Waals surface area contributed by atoms with Crippen LogP contribution in [0.3, 0.4) is 0 Å². The van der Waals surface area contributed by atoms with Gasteiger partial charge in [-0.05, 0) is 58.0 Å². The van der Waals surface area contributed by atoms with Gasteiger partial charge in [-0.15, -0.1) is 0 Å². The Morgan fingerprint density at radius 2 is 0.860 bits per heavy atom. The summed E-state index contributed by atoms with van der Waals surface area (Å²) >= 11 is 0. The molecule has 43 heavy (non-hydrogen) atoms. The standard InChI is InChI=1S/C30H56N2O11/c1-3-22-40-27(35)10-16-31(14-4-6-20-33)17-11-28(36)41-23-8-9-24-42-29(37)12-18-32(15-5-7-21-34)19-13-30(38)43-26-25-39-2/h33-34H,3-26H2,1-2H3. The minimum atomic E-state index is -0.341. The highest BCUT2D eigenvalue weighted by atomic mass is 16.6. The highest BCUT2D eigenvalue weighted by Crippen LogP contribution is 2.04. The molecule has 2 N–H and O–H groups in total. The average molecular weight is 621 g/mol. The Bertz CT molecular complexity index is 724. The monoisotopic (exact) mass is 620 g/mol. The third-order valence-electron chi connectivity index (χ3n) is 6.38. The maximum atomic E-state index is 12.2. The molecular formula is C30H56N2O11. The number of rotatable bonds is 30. The number of methoxy groups -OCH3 is 1. The van der Waals surface area contributed by atoms with Gasteiger partial charge in [0.15, 0.2) is 0 Å². The second-order valence-corrected chi connectivity index (χ2v) is 10.1. The zero-order valence-electron chi connectivity index (χ0n) is 26.4. The first-order valence-electron chi connectivity index (χ1n) is 15.6. The van der Waals surface area contributed by atoms with Crippen molar-refractivity contribution in [2.45, 2.75) is 77.6 Å². The zero-order valence-corrected chi connectivity index (χ0v) is 26.4. The number of hydrogen-bond acceptors (Lipinski definition) is 13. The third kappa shape index (κ3) is 27.0. The van der Waals surface area contributed by atoms with E-state index in [0.717, 1.165) is 19.3 Å². The molecule has 0 aliphatic heterocycles. The van der Waals surface area contributed by atoms with E-state index in [1.807, 2.05) is 16.7 Å². The molecule has 0 atom stereocenters. The molecule has 0 aromatic rings. The Labute approximate surface area is 257 Å². The van der Waals surface area contributed by atoms with E-state index in [2.05, 4.69) is 0 Å². The number of carbonyl (C=O) groups excluding carboxylic acids is 4. The summed E-state index contributed by atoms with van der Waals surface area (Å²) in [6.45, 7) is 6.64. The molecule has 0 unspecified atom stereocenters. The molecule has 0 heterocycles. The number of carbonyl (C=O) groups is 4. The number of ether oxygens (including phenoxy) is 5. The van der Waals surface area contributed by atoms with Gasteiger partial charge in [-0.3, -0.25) is 19.2 Å². The smallest absolute Gasteiger partial charge is 0.307 e. The van der Waals surface area contributed by atoms with Crippen molar-refractivity contribution in [3.8, 4) is 0 Å². The fraction of sp³-hybridized carbons (Fsp3) is 0.867. The molecular weight excluding hydrogens is 564 g/mol. The summed E-state index contributed by atoms with van der Waals surface area (Å²) in [6, 6.07) is 0. The normalized spacial score (nSPS) is 11.1. The number of aliphatic hydroxyl groups is 2. The van der Waals surface area contributed by atoms with E-state index in [-0.39, 0.29) is 82.6 Å². The molecule has 13 heteroatoms. The van der Waals surface area contributed by atoms with Gasteiger partial charge in [0.05, 0.1) is 52.1 Å². The van der Waals surface area contributed by atoms with Crippen molar-refractivity contribution in [2.24, 2.45) is 0 Å². The first-order chi connectivity index (χ1) is 20.9. The van der Waals surface area contributed by atoms with E-state index < -0.39 is 0 Å². The van der Waals surface area contributed by atoms with Crippen LogP contribution in [0.25, 0.3) is 0 Å². The van der Waals surface area contributed by atoms with Gasteiger partial charge in [-0.1, -0.05) is 6.92 Å². The molecule has 0 rings (SSSR count). The van der Waals surface area contributed by atoms with E-state index in [4.69, 9.17) is 33.9 Å². The minimum absolute atomic E-state index is 0.0886. The molecule has 0 saturated heterocycles. The summed E-state index contributed by atoms with van der Waals surface area (Å²) in [5.41, 5.74) is 0. The lowest BCUT2D eigenvalue weighted by molar-refractivity contribution is -0.147. The summed E-state index contributed by atoms with van der Waals surface area (Å²) in [4.78, 5) is 52.0. The first kappa shape index (κ1) is 40.7. The van der Waals surface area contributed by atoms with E-state index in [1.54, 1.807) is 0 Å². The largest absolute Gasteiger partial charge is 0.466 e. The van der Waals surface area contributed by atoms with Crippen molar-refractivity contribution < 1.29 is 53.1 Å². The van der Waals surface area contributed by atoms with Gasteiger partial charge in [0.2, 0.25) is 0 Å². The van der Waals surface area contributed by atoms with E-state index in [0.29, 0.717) is 78.2 Å². The van der Waals surface area contributed by atoms with Crippen LogP contribution < -0.4 is 0 Å². The highest BCUT2D eigenvalue weighted by molar-refractivity contribution is 5.71. The van der Waals surface area contributed by atoms with E-state index in [1.165, 1.54) is 7.11 Å². The van der Waals surface area contributed by atoms with E-state index in [9.17, 15) is 19.2 Å². The topological polar surface area (TPSA) is 161 Å². The molecule has 0 aliphatic rings.